The van der Waals surface area contributed by atoms with Crippen LogP contribution in [0.2, 0.25) is 0 Å². The van der Waals surface area contributed by atoms with Crippen molar-refractivity contribution >= 4 is 33.0 Å². The molecule has 0 radical (unpaired) electrons. The van der Waals surface area contributed by atoms with Gasteiger partial charge in [-0.3, -0.25) is 0 Å². The van der Waals surface area contributed by atoms with Gasteiger partial charge in [-0.25, -0.2) is 15.0 Å². The van der Waals surface area contributed by atoms with E-state index in [1.54, 1.807) is 19.6 Å². The molecule has 0 atom stereocenters. The molecule has 0 bridgehead atoms. The maximum absolute atomic E-state index is 5.72. The fourth-order valence-corrected chi connectivity index (χ4v) is 2.84. The summed E-state index contributed by atoms with van der Waals surface area (Å²) in [7, 11) is 4.61. The van der Waals surface area contributed by atoms with Crippen molar-refractivity contribution in [3.05, 3.63) is 22.7 Å². The molecular weight excluding hydrogens is 380 g/mol. The molecule has 24 heavy (non-hydrogen) atoms. The Morgan fingerprint density at radius 3 is 2.50 bits per heavy atom. The molecule has 0 aromatic carbocycles. The van der Waals surface area contributed by atoms with Crippen LogP contribution >= 0.6 is 15.9 Å². The number of aromatic nitrogens is 5. The highest BCUT2D eigenvalue weighted by Crippen LogP contribution is 2.38. The fraction of sp³-hybridized carbons (Fsp3) is 0.286. The van der Waals surface area contributed by atoms with E-state index in [1.807, 2.05) is 4.57 Å². The number of anilines is 1. The van der Waals surface area contributed by atoms with Crippen LogP contribution in [0.15, 0.2) is 17.1 Å². The molecule has 9 nitrogen and oxygen atoms in total. The van der Waals surface area contributed by atoms with Crippen molar-refractivity contribution in [1.29, 1.82) is 0 Å². The molecule has 0 aliphatic carbocycles. The molecule has 0 unspecified atom stereocenters. The van der Waals surface area contributed by atoms with Gasteiger partial charge >= 0.3 is 0 Å². The Hall–Kier alpha value is -2.62. The standard InChI is InChI=1S/C14H15BrN6O3/c1-22-9-7(4-17-13(24-3)10(9)23-2)5-21-6-18-8-11(15)19-14(16)20-12(8)21/h4,6H,5H2,1-3H3,(H2,16,19,20). The Morgan fingerprint density at radius 2 is 1.83 bits per heavy atom. The molecular formula is C14H15BrN6O3. The molecule has 2 N–H and O–H groups in total. The molecule has 0 spiro atoms. The summed E-state index contributed by atoms with van der Waals surface area (Å²) in [5.74, 6) is 1.47. The monoisotopic (exact) mass is 394 g/mol. The zero-order valence-electron chi connectivity index (χ0n) is 13.3. The number of nitrogens with two attached hydrogens (primary N) is 1. The number of rotatable bonds is 5. The highest BCUT2D eigenvalue weighted by molar-refractivity contribution is 9.10. The van der Waals surface area contributed by atoms with Crippen LogP contribution in [0.1, 0.15) is 5.56 Å². The number of halogens is 1. The molecule has 3 rings (SSSR count). The quantitative estimate of drug-likeness (QED) is 0.650. The van der Waals surface area contributed by atoms with E-state index in [4.69, 9.17) is 19.9 Å². The Bertz CT molecular complexity index is 898. The van der Waals surface area contributed by atoms with Gasteiger partial charge in [0.1, 0.15) is 10.1 Å². The van der Waals surface area contributed by atoms with Crippen molar-refractivity contribution in [3.63, 3.8) is 0 Å². The van der Waals surface area contributed by atoms with E-state index in [0.29, 0.717) is 39.7 Å². The van der Waals surface area contributed by atoms with E-state index >= 15 is 0 Å². The van der Waals surface area contributed by atoms with Gasteiger partial charge in [-0.15, -0.1) is 0 Å². The van der Waals surface area contributed by atoms with Gasteiger partial charge < -0.3 is 24.5 Å². The smallest absolute Gasteiger partial charge is 0.260 e. The Morgan fingerprint density at radius 1 is 1.08 bits per heavy atom. The first-order valence-corrected chi connectivity index (χ1v) is 7.66. The lowest BCUT2D eigenvalue weighted by Gasteiger charge is -2.15. The summed E-state index contributed by atoms with van der Waals surface area (Å²) in [5, 5.41) is 0. The van der Waals surface area contributed by atoms with Crippen molar-refractivity contribution < 1.29 is 14.2 Å². The predicted octanol–water partition coefficient (Wildman–Crippen LogP) is 1.64. The van der Waals surface area contributed by atoms with Crippen LogP contribution in [-0.4, -0.2) is 45.8 Å². The number of fused-ring (bicyclic) bond motifs is 1. The van der Waals surface area contributed by atoms with Crippen LogP contribution in [0.4, 0.5) is 5.95 Å². The minimum atomic E-state index is 0.161. The molecule has 10 heteroatoms. The second-order valence-electron chi connectivity index (χ2n) is 4.78. The van der Waals surface area contributed by atoms with Gasteiger partial charge in [0.05, 0.1) is 34.2 Å². The number of methoxy groups -OCH3 is 3. The number of imidazole rings is 1. The number of hydrogen-bond donors (Lipinski definition) is 1. The van der Waals surface area contributed by atoms with Gasteiger partial charge in [-0.2, -0.15) is 4.98 Å². The lowest BCUT2D eigenvalue weighted by molar-refractivity contribution is 0.313. The Kier molecular flexibility index (Phi) is 4.38. The molecule has 126 valence electrons. The first kappa shape index (κ1) is 16.2. The minimum absolute atomic E-state index is 0.161. The van der Waals surface area contributed by atoms with Gasteiger partial charge in [0.2, 0.25) is 11.7 Å². The molecule has 0 saturated carbocycles. The van der Waals surface area contributed by atoms with E-state index in [9.17, 15) is 0 Å². The summed E-state index contributed by atoms with van der Waals surface area (Å²) < 4.78 is 18.4. The number of hydrogen-bond acceptors (Lipinski definition) is 8. The Labute approximate surface area is 145 Å². The van der Waals surface area contributed by atoms with Crippen molar-refractivity contribution in [2.45, 2.75) is 6.54 Å². The molecule has 0 aliphatic heterocycles. The topological polar surface area (TPSA) is 110 Å². The number of pyridine rings is 1. The SMILES string of the molecule is COc1ncc(Cn2cnc3c(Br)nc(N)nc32)c(OC)c1OC. The second kappa shape index (κ2) is 6.48. The van der Waals surface area contributed by atoms with Crippen LogP contribution in [0.3, 0.4) is 0 Å². The minimum Gasteiger partial charge on any atom is -0.492 e. The predicted molar refractivity (Wildman–Crippen MR) is 90.4 cm³/mol. The molecule has 3 aromatic heterocycles. The average molecular weight is 395 g/mol. The molecule has 0 saturated heterocycles. The van der Waals surface area contributed by atoms with Gasteiger partial charge in [0, 0.05) is 11.8 Å². The van der Waals surface area contributed by atoms with Crippen molar-refractivity contribution in [2.24, 2.45) is 0 Å². The summed E-state index contributed by atoms with van der Waals surface area (Å²) in [6, 6.07) is 0. The average Bonchev–Trinajstić information content (AvgIpc) is 2.97. The van der Waals surface area contributed by atoms with Crippen LogP contribution < -0.4 is 19.9 Å². The molecule has 0 fully saturated rings. The maximum atomic E-state index is 5.72. The zero-order valence-corrected chi connectivity index (χ0v) is 14.9. The van der Waals surface area contributed by atoms with Gasteiger partial charge in [-0.05, 0) is 15.9 Å². The molecule has 0 aliphatic rings. The fourth-order valence-electron chi connectivity index (χ4n) is 2.38. The third-order valence-electron chi connectivity index (χ3n) is 3.41. The van der Waals surface area contributed by atoms with Crippen LogP contribution in [0.5, 0.6) is 17.4 Å². The number of ether oxygens (including phenoxy) is 3. The van der Waals surface area contributed by atoms with Gasteiger partial charge in [0.25, 0.3) is 5.88 Å². The van der Waals surface area contributed by atoms with E-state index in [-0.39, 0.29) is 5.95 Å². The van der Waals surface area contributed by atoms with Gasteiger partial charge in [0.15, 0.2) is 11.4 Å². The zero-order chi connectivity index (χ0) is 17.3. The molecule has 3 aromatic rings. The van der Waals surface area contributed by atoms with Crippen molar-refractivity contribution in [3.8, 4) is 17.4 Å². The number of nitrogens with zero attached hydrogens (tertiary/aromatic N) is 5. The summed E-state index contributed by atoms with van der Waals surface area (Å²) in [5.41, 5.74) is 7.72. The second-order valence-corrected chi connectivity index (χ2v) is 5.53. The third kappa shape index (κ3) is 2.68. The van der Waals surface area contributed by atoms with Gasteiger partial charge in [-0.1, -0.05) is 0 Å². The van der Waals surface area contributed by atoms with E-state index in [2.05, 4.69) is 35.9 Å². The van der Waals surface area contributed by atoms with Crippen LogP contribution in [-0.2, 0) is 6.54 Å². The third-order valence-corrected chi connectivity index (χ3v) is 3.96. The first-order chi connectivity index (χ1) is 11.6. The van der Waals surface area contributed by atoms with Crippen molar-refractivity contribution in [1.82, 2.24) is 24.5 Å². The highest BCUT2D eigenvalue weighted by Gasteiger charge is 2.19. The lowest BCUT2D eigenvalue weighted by atomic mass is 10.2. The van der Waals surface area contributed by atoms with E-state index in [1.165, 1.54) is 14.2 Å². The van der Waals surface area contributed by atoms with Crippen LogP contribution in [0, 0.1) is 0 Å². The highest BCUT2D eigenvalue weighted by atomic mass is 79.9. The summed E-state index contributed by atoms with van der Waals surface area (Å²) in [6.07, 6.45) is 3.31. The van der Waals surface area contributed by atoms with Crippen molar-refractivity contribution in [2.75, 3.05) is 27.1 Å². The lowest BCUT2D eigenvalue weighted by Crippen LogP contribution is -2.06. The summed E-state index contributed by atoms with van der Waals surface area (Å²) >= 11 is 3.34. The summed E-state index contributed by atoms with van der Waals surface area (Å²) in [4.78, 5) is 16.8. The molecule has 0 amide bonds. The maximum Gasteiger partial charge on any atom is 0.260 e. The largest absolute Gasteiger partial charge is 0.492 e. The summed E-state index contributed by atoms with van der Waals surface area (Å²) in [6.45, 7) is 0.413. The van der Waals surface area contributed by atoms with E-state index in [0.717, 1.165) is 5.56 Å². The molecule has 3 heterocycles. The normalized spacial score (nSPS) is 10.8. The first-order valence-electron chi connectivity index (χ1n) is 6.86. The van der Waals surface area contributed by atoms with E-state index < -0.39 is 0 Å². The Balaban J connectivity index is 2.09. The van der Waals surface area contributed by atoms with Crippen LogP contribution in [0.25, 0.3) is 11.2 Å². The number of nitrogen functional groups attached to an aromatic ring is 1.